The van der Waals surface area contributed by atoms with Crippen LogP contribution in [0.2, 0.25) is 0 Å². The lowest BCUT2D eigenvalue weighted by atomic mass is 10.1. The fourth-order valence-corrected chi connectivity index (χ4v) is 4.94. The van der Waals surface area contributed by atoms with E-state index in [4.69, 9.17) is 0 Å². The van der Waals surface area contributed by atoms with Crippen molar-refractivity contribution in [2.75, 3.05) is 37.6 Å². The number of fused-ring (bicyclic) bond motifs is 1. The van der Waals surface area contributed by atoms with Gasteiger partial charge in [-0.05, 0) is 30.4 Å². The number of aromatic nitrogens is 1. The zero-order chi connectivity index (χ0) is 20.3. The molecular formula is C26H27N3S. The zero-order valence-corrected chi connectivity index (χ0v) is 18.2. The van der Waals surface area contributed by atoms with E-state index in [-0.39, 0.29) is 0 Å². The van der Waals surface area contributed by atoms with Crippen molar-refractivity contribution in [3.63, 3.8) is 0 Å². The molecule has 0 bridgehead atoms. The number of aryl methyl sites for hydroxylation is 1. The number of piperazine rings is 1. The normalized spacial score (nSPS) is 15.0. The van der Waals surface area contributed by atoms with Crippen LogP contribution in [0.25, 0.3) is 22.0 Å². The molecule has 5 rings (SSSR count). The van der Waals surface area contributed by atoms with Crippen LogP contribution in [0, 0.1) is 6.92 Å². The molecule has 2 heterocycles. The molecule has 3 aromatic carbocycles. The fourth-order valence-electron chi connectivity index (χ4n) is 4.32. The number of thiazole rings is 1. The summed E-state index contributed by atoms with van der Waals surface area (Å²) < 4.78 is 0. The van der Waals surface area contributed by atoms with E-state index in [1.54, 1.807) is 11.3 Å². The quantitative estimate of drug-likeness (QED) is 0.422. The first-order valence-corrected chi connectivity index (χ1v) is 11.6. The molecule has 30 heavy (non-hydrogen) atoms. The van der Waals surface area contributed by atoms with Crippen molar-refractivity contribution in [2.24, 2.45) is 0 Å². The van der Waals surface area contributed by atoms with E-state index in [1.165, 1.54) is 27.6 Å². The summed E-state index contributed by atoms with van der Waals surface area (Å²) in [5.74, 6) is 0. The molecular weight excluding hydrogens is 386 g/mol. The van der Waals surface area contributed by atoms with Crippen LogP contribution in [-0.2, 0) is 6.42 Å². The number of hydrogen-bond acceptors (Lipinski definition) is 4. The molecule has 0 aliphatic carbocycles. The molecule has 0 N–H and O–H groups in total. The Kier molecular flexibility index (Phi) is 5.52. The predicted octanol–water partition coefficient (Wildman–Crippen LogP) is 5.64. The third kappa shape index (κ3) is 4.11. The molecule has 4 heteroatoms. The van der Waals surface area contributed by atoms with E-state index >= 15 is 0 Å². The zero-order valence-electron chi connectivity index (χ0n) is 17.4. The van der Waals surface area contributed by atoms with Crippen LogP contribution in [0.4, 0.5) is 5.69 Å². The molecule has 0 saturated carbocycles. The van der Waals surface area contributed by atoms with E-state index in [2.05, 4.69) is 93.8 Å². The monoisotopic (exact) mass is 413 g/mol. The van der Waals surface area contributed by atoms with Crippen LogP contribution in [0.3, 0.4) is 0 Å². The average molecular weight is 414 g/mol. The lowest BCUT2D eigenvalue weighted by Gasteiger charge is -2.36. The predicted molar refractivity (Wildman–Crippen MR) is 129 cm³/mol. The number of rotatable bonds is 5. The fraction of sp³-hybridized carbons (Fsp3) is 0.269. The van der Waals surface area contributed by atoms with E-state index in [0.717, 1.165) is 49.8 Å². The molecule has 1 aliphatic heterocycles. The van der Waals surface area contributed by atoms with Gasteiger partial charge in [-0.15, -0.1) is 11.3 Å². The Morgan fingerprint density at radius 2 is 1.63 bits per heavy atom. The largest absolute Gasteiger partial charge is 0.368 e. The first-order valence-electron chi connectivity index (χ1n) is 10.7. The molecule has 1 saturated heterocycles. The Labute approximate surface area is 182 Å². The number of hydrogen-bond donors (Lipinski definition) is 0. The van der Waals surface area contributed by atoms with Crippen LogP contribution in [0.5, 0.6) is 0 Å². The molecule has 3 nitrogen and oxygen atoms in total. The van der Waals surface area contributed by atoms with Gasteiger partial charge in [-0.1, -0.05) is 60.7 Å². The summed E-state index contributed by atoms with van der Waals surface area (Å²) in [4.78, 5) is 9.73. The summed E-state index contributed by atoms with van der Waals surface area (Å²) in [5.41, 5.74) is 5.09. The summed E-state index contributed by atoms with van der Waals surface area (Å²) in [5, 5.41) is 5.95. The minimum Gasteiger partial charge on any atom is -0.368 e. The van der Waals surface area contributed by atoms with Gasteiger partial charge in [-0.25, -0.2) is 4.98 Å². The van der Waals surface area contributed by atoms with Crippen LogP contribution in [-0.4, -0.2) is 42.6 Å². The van der Waals surface area contributed by atoms with Crippen molar-refractivity contribution >= 4 is 27.8 Å². The molecule has 0 spiro atoms. The van der Waals surface area contributed by atoms with Gasteiger partial charge in [0.2, 0.25) is 0 Å². The van der Waals surface area contributed by atoms with Gasteiger partial charge >= 0.3 is 0 Å². The van der Waals surface area contributed by atoms with Gasteiger partial charge in [0, 0.05) is 54.7 Å². The molecule has 0 atom stereocenters. The van der Waals surface area contributed by atoms with Crippen LogP contribution in [0.1, 0.15) is 10.6 Å². The van der Waals surface area contributed by atoms with Gasteiger partial charge < -0.3 is 4.90 Å². The lowest BCUT2D eigenvalue weighted by molar-refractivity contribution is 0.261. The molecule has 1 fully saturated rings. The minimum atomic E-state index is 1.09. The highest BCUT2D eigenvalue weighted by Gasteiger charge is 2.18. The van der Waals surface area contributed by atoms with Crippen molar-refractivity contribution < 1.29 is 0 Å². The van der Waals surface area contributed by atoms with Crippen molar-refractivity contribution in [1.29, 1.82) is 0 Å². The second kappa shape index (κ2) is 8.58. The van der Waals surface area contributed by atoms with Crippen LogP contribution in [0.15, 0.2) is 72.1 Å². The summed E-state index contributed by atoms with van der Waals surface area (Å²) in [6.07, 6.45) is 1.10. The number of benzene rings is 3. The van der Waals surface area contributed by atoms with Crippen LogP contribution >= 0.6 is 11.3 Å². The maximum Gasteiger partial charge on any atom is 0.0901 e. The smallest absolute Gasteiger partial charge is 0.0901 e. The standard InChI is InChI=1S/C26H27N3S/c1-20-27-25(19-30-20)23-11-9-21(10-12-23)13-14-28-15-17-29(18-16-28)26-8-4-6-22-5-2-3-7-24(22)26/h2-12,19H,13-18H2,1H3. The molecule has 152 valence electrons. The second-order valence-electron chi connectivity index (χ2n) is 8.03. The third-order valence-electron chi connectivity index (χ3n) is 6.07. The van der Waals surface area contributed by atoms with Gasteiger partial charge in [0.25, 0.3) is 0 Å². The molecule has 1 aliphatic rings. The Morgan fingerprint density at radius 1 is 0.867 bits per heavy atom. The van der Waals surface area contributed by atoms with Crippen molar-refractivity contribution in [3.05, 3.63) is 82.7 Å². The molecule has 1 aromatic heterocycles. The highest BCUT2D eigenvalue weighted by atomic mass is 32.1. The minimum absolute atomic E-state index is 1.09. The Balaban J connectivity index is 1.17. The van der Waals surface area contributed by atoms with Crippen LogP contribution < -0.4 is 4.90 Å². The van der Waals surface area contributed by atoms with Gasteiger partial charge in [-0.2, -0.15) is 0 Å². The van der Waals surface area contributed by atoms with Crippen molar-refractivity contribution in [2.45, 2.75) is 13.3 Å². The average Bonchev–Trinajstić information content (AvgIpc) is 3.24. The van der Waals surface area contributed by atoms with E-state index in [1.807, 2.05) is 0 Å². The van der Waals surface area contributed by atoms with Gasteiger partial charge in [0.1, 0.15) is 0 Å². The van der Waals surface area contributed by atoms with E-state index in [0.29, 0.717) is 0 Å². The Bertz CT molecular complexity index is 1120. The molecule has 0 unspecified atom stereocenters. The molecule has 0 amide bonds. The van der Waals surface area contributed by atoms with Gasteiger partial charge in [-0.3, -0.25) is 4.90 Å². The summed E-state index contributed by atoms with van der Waals surface area (Å²) >= 11 is 1.71. The maximum absolute atomic E-state index is 4.59. The van der Waals surface area contributed by atoms with E-state index < -0.39 is 0 Å². The second-order valence-corrected chi connectivity index (χ2v) is 9.09. The summed E-state index contributed by atoms with van der Waals surface area (Å²) in [7, 11) is 0. The van der Waals surface area contributed by atoms with Crippen molar-refractivity contribution in [1.82, 2.24) is 9.88 Å². The topological polar surface area (TPSA) is 19.4 Å². The summed E-state index contributed by atoms with van der Waals surface area (Å²) in [6, 6.07) is 24.3. The third-order valence-corrected chi connectivity index (χ3v) is 6.84. The SMILES string of the molecule is Cc1nc(-c2ccc(CCN3CCN(c4cccc5ccccc45)CC3)cc2)cs1. The first kappa shape index (κ1) is 19.3. The van der Waals surface area contributed by atoms with Gasteiger partial charge in [0.05, 0.1) is 10.7 Å². The number of nitrogens with zero attached hydrogens (tertiary/aromatic N) is 3. The Morgan fingerprint density at radius 3 is 2.40 bits per heavy atom. The summed E-state index contributed by atoms with van der Waals surface area (Å²) in [6.45, 7) is 7.62. The van der Waals surface area contributed by atoms with Crippen molar-refractivity contribution in [3.8, 4) is 11.3 Å². The maximum atomic E-state index is 4.59. The Hall–Kier alpha value is -2.69. The number of anilines is 1. The highest BCUT2D eigenvalue weighted by Crippen LogP contribution is 2.27. The van der Waals surface area contributed by atoms with Gasteiger partial charge in [0.15, 0.2) is 0 Å². The molecule has 4 aromatic rings. The van der Waals surface area contributed by atoms with E-state index in [9.17, 15) is 0 Å². The lowest BCUT2D eigenvalue weighted by Crippen LogP contribution is -2.47. The molecule has 0 radical (unpaired) electrons. The highest BCUT2D eigenvalue weighted by molar-refractivity contribution is 7.09. The first-order chi connectivity index (χ1) is 14.8.